The van der Waals surface area contributed by atoms with Gasteiger partial charge < -0.3 is 4.90 Å². The third kappa shape index (κ3) is 4.95. The van der Waals surface area contributed by atoms with Crippen molar-refractivity contribution in [3.05, 3.63) is 53.3 Å². The van der Waals surface area contributed by atoms with E-state index in [1.54, 1.807) is 11.1 Å². The van der Waals surface area contributed by atoms with Crippen molar-refractivity contribution in [2.75, 3.05) is 19.3 Å². The van der Waals surface area contributed by atoms with Crippen molar-refractivity contribution in [2.24, 2.45) is 0 Å². The first kappa shape index (κ1) is 19.6. The third-order valence-electron chi connectivity index (χ3n) is 4.78. The summed E-state index contributed by atoms with van der Waals surface area (Å²) in [5.41, 5.74) is 2.64. The Balaban J connectivity index is 1.76. The minimum Gasteiger partial charge on any atom is -0.337 e. The number of nitrogens with zero attached hydrogens (tertiary/aromatic N) is 3. The highest BCUT2D eigenvalue weighted by atomic mass is 32.2. The number of hydrogen-bond acceptors (Lipinski definition) is 4. The van der Waals surface area contributed by atoms with Crippen LogP contribution in [0.5, 0.6) is 0 Å². The van der Waals surface area contributed by atoms with Gasteiger partial charge in [0.05, 0.1) is 30.3 Å². The van der Waals surface area contributed by atoms with E-state index in [9.17, 15) is 13.2 Å². The lowest BCUT2D eigenvalue weighted by atomic mass is 10.0. The Morgan fingerprint density at radius 1 is 1.30 bits per heavy atom. The number of amides is 1. The molecule has 27 heavy (non-hydrogen) atoms. The smallest absolute Gasteiger partial charge is 0.257 e. The lowest BCUT2D eigenvalue weighted by molar-refractivity contribution is 0.0702. The molecule has 1 aromatic carbocycles. The van der Waals surface area contributed by atoms with Crippen molar-refractivity contribution >= 4 is 15.9 Å². The van der Waals surface area contributed by atoms with Crippen LogP contribution in [-0.2, 0) is 23.0 Å². The molecule has 1 saturated heterocycles. The normalized spacial score (nSPS) is 17.9. The number of nitrogens with one attached hydrogen (secondary N) is 1. The van der Waals surface area contributed by atoms with E-state index in [1.165, 1.54) is 0 Å². The molecule has 0 radical (unpaired) electrons. The summed E-state index contributed by atoms with van der Waals surface area (Å²) in [6.07, 6.45) is 5.00. The molecule has 8 heteroatoms. The lowest BCUT2D eigenvalue weighted by Crippen LogP contribution is -2.49. The molecular formula is C19H26N4O3S. The molecule has 1 aromatic heterocycles. The van der Waals surface area contributed by atoms with Crippen molar-refractivity contribution in [2.45, 2.75) is 38.8 Å². The van der Waals surface area contributed by atoms with E-state index in [1.807, 2.05) is 41.9 Å². The van der Waals surface area contributed by atoms with Gasteiger partial charge in [-0.3, -0.25) is 9.48 Å². The monoisotopic (exact) mass is 390 g/mol. The fraction of sp³-hybridized carbons (Fsp3) is 0.474. The maximum Gasteiger partial charge on any atom is 0.257 e. The number of hydrogen-bond donors (Lipinski definition) is 1. The molecule has 1 N–H and O–H groups in total. The maximum absolute atomic E-state index is 13.1. The molecule has 3 rings (SSSR count). The summed E-state index contributed by atoms with van der Waals surface area (Å²) >= 11 is 0. The number of benzene rings is 1. The minimum atomic E-state index is -3.29. The van der Waals surface area contributed by atoms with Gasteiger partial charge in [0.25, 0.3) is 5.91 Å². The second kappa shape index (κ2) is 8.22. The zero-order chi connectivity index (χ0) is 19.4. The average Bonchev–Trinajstić information content (AvgIpc) is 3.03. The Kier molecular flexibility index (Phi) is 5.96. The van der Waals surface area contributed by atoms with Crippen LogP contribution in [0.2, 0.25) is 0 Å². The second-order valence-corrected chi connectivity index (χ2v) is 8.76. The van der Waals surface area contributed by atoms with Gasteiger partial charge in [-0.1, -0.05) is 37.3 Å². The summed E-state index contributed by atoms with van der Waals surface area (Å²) in [5.74, 6) is -0.0776. The molecule has 2 aromatic rings. The number of sulfonamides is 1. The molecule has 1 fully saturated rings. The van der Waals surface area contributed by atoms with Crippen molar-refractivity contribution < 1.29 is 13.2 Å². The molecule has 0 aliphatic carbocycles. The molecule has 1 amide bonds. The molecule has 0 bridgehead atoms. The van der Waals surface area contributed by atoms with Crippen LogP contribution in [0, 0.1) is 0 Å². The molecule has 0 spiro atoms. The molecule has 7 nitrogen and oxygen atoms in total. The number of carbonyl (C=O) groups is 1. The molecule has 1 unspecified atom stereocenters. The van der Waals surface area contributed by atoms with Gasteiger partial charge in [-0.15, -0.1) is 0 Å². The van der Waals surface area contributed by atoms with Crippen molar-refractivity contribution in [1.82, 2.24) is 19.4 Å². The average molecular weight is 391 g/mol. The van der Waals surface area contributed by atoms with Gasteiger partial charge in [0.15, 0.2) is 0 Å². The van der Waals surface area contributed by atoms with Crippen LogP contribution in [0.1, 0.15) is 41.4 Å². The summed E-state index contributed by atoms with van der Waals surface area (Å²) in [4.78, 5) is 14.8. The van der Waals surface area contributed by atoms with E-state index >= 15 is 0 Å². The number of carbonyl (C=O) groups excluding carboxylic acids is 1. The SMILES string of the molecule is CCc1c(C(=O)N2CCCC(NS(C)(=O)=O)C2)cnn1Cc1ccccc1. The highest BCUT2D eigenvalue weighted by Crippen LogP contribution is 2.18. The first-order valence-corrected chi connectivity index (χ1v) is 11.1. The van der Waals surface area contributed by atoms with E-state index < -0.39 is 10.0 Å². The number of likely N-dealkylation sites (tertiary alicyclic amines) is 1. The predicted octanol–water partition coefficient (Wildman–Crippen LogP) is 1.65. The summed E-state index contributed by atoms with van der Waals surface area (Å²) in [7, 11) is -3.29. The molecule has 1 aliphatic rings. The van der Waals surface area contributed by atoms with Crippen molar-refractivity contribution in [3.8, 4) is 0 Å². The van der Waals surface area contributed by atoms with Crippen LogP contribution in [0.4, 0.5) is 0 Å². The van der Waals surface area contributed by atoms with Gasteiger partial charge in [0, 0.05) is 19.1 Å². The van der Waals surface area contributed by atoms with Gasteiger partial charge in [-0.25, -0.2) is 13.1 Å². The first-order chi connectivity index (χ1) is 12.9. The topological polar surface area (TPSA) is 84.3 Å². The molecule has 1 aliphatic heterocycles. The fourth-order valence-corrected chi connectivity index (χ4v) is 4.38. The highest BCUT2D eigenvalue weighted by Gasteiger charge is 2.28. The van der Waals surface area contributed by atoms with Gasteiger partial charge >= 0.3 is 0 Å². The first-order valence-electron chi connectivity index (χ1n) is 9.22. The van der Waals surface area contributed by atoms with Crippen LogP contribution >= 0.6 is 0 Å². The van der Waals surface area contributed by atoms with Crippen LogP contribution in [0.15, 0.2) is 36.5 Å². The summed E-state index contributed by atoms with van der Waals surface area (Å²) < 4.78 is 27.5. The highest BCUT2D eigenvalue weighted by molar-refractivity contribution is 7.88. The molecular weight excluding hydrogens is 364 g/mol. The lowest BCUT2D eigenvalue weighted by Gasteiger charge is -2.32. The summed E-state index contributed by atoms with van der Waals surface area (Å²) in [6, 6.07) is 9.78. The standard InChI is InChI=1S/C19H26N4O3S/c1-3-18-17(12-20-23(18)13-15-8-5-4-6-9-15)19(24)22-11-7-10-16(14-22)21-27(2,25)26/h4-6,8-9,12,16,21H,3,7,10-11,13-14H2,1-2H3. The van der Waals surface area contributed by atoms with Gasteiger partial charge in [-0.05, 0) is 24.8 Å². The Morgan fingerprint density at radius 3 is 2.70 bits per heavy atom. The Hall–Kier alpha value is -2.19. The Morgan fingerprint density at radius 2 is 2.04 bits per heavy atom. The van der Waals surface area contributed by atoms with Crippen LogP contribution in [0.25, 0.3) is 0 Å². The van der Waals surface area contributed by atoms with Crippen molar-refractivity contribution in [1.29, 1.82) is 0 Å². The second-order valence-electron chi connectivity index (χ2n) is 6.98. The fourth-order valence-electron chi connectivity index (χ4n) is 3.59. The Bertz CT molecular complexity index is 893. The molecule has 0 saturated carbocycles. The van der Waals surface area contributed by atoms with Crippen LogP contribution in [0.3, 0.4) is 0 Å². The van der Waals surface area contributed by atoms with Gasteiger partial charge in [0.1, 0.15) is 0 Å². The van der Waals surface area contributed by atoms with E-state index in [-0.39, 0.29) is 11.9 Å². The molecule has 2 heterocycles. The van der Waals surface area contributed by atoms with E-state index in [0.29, 0.717) is 31.6 Å². The van der Waals surface area contributed by atoms with Crippen molar-refractivity contribution in [3.63, 3.8) is 0 Å². The van der Waals surface area contributed by atoms with Gasteiger partial charge in [-0.2, -0.15) is 5.10 Å². The molecule has 146 valence electrons. The summed E-state index contributed by atoms with van der Waals surface area (Å²) in [6.45, 7) is 3.65. The minimum absolute atomic E-state index is 0.0776. The largest absolute Gasteiger partial charge is 0.337 e. The van der Waals surface area contributed by atoms with Crippen LogP contribution < -0.4 is 4.72 Å². The summed E-state index contributed by atoms with van der Waals surface area (Å²) in [5, 5.41) is 4.43. The predicted molar refractivity (Wildman–Crippen MR) is 104 cm³/mol. The van der Waals surface area contributed by atoms with Crippen LogP contribution in [-0.4, -0.2) is 54.4 Å². The van der Waals surface area contributed by atoms with Gasteiger partial charge in [0.2, 0.25) is 10.0 Å². The van der Waals surface area contributed by atoms with E-state index in [0.717, 1.165) is 30.4 Å². The van der Waals surface area contributed by atoms with E-state index in [4.69, 9.17) is 0 Å². The number of aromatic nitrogens is 2. The maximum atomic E-state index is 13.1. The number of piperidine rings is 1. The quantitative estimate of drug-likeness (QED) is 0.813. The van der Waals surface area contributed by atoms with E-state index in [2.05, 4.69) is 9.82 Å². The third-order valence-corrected chi connectivity index (χ3v) is 5.54. The zero-order valence-corrected chi connectivity index (χ0v) is 16.6. The zero-order valence-electron chi connectivity index (χ0n) is 15.8. The Labute approximate surface area is 160 Å². The molecule has 1 atom stereocenters. The number of rotatable bonds is 6.